The Kier molecular flexibility index (Phi) is 3.85. The topological polar surface area (TPSA) is 83.2 Å². The van der Waals surface area contributed by atoms with Gasteiger partial charge in [0.25, 0.3) is 5.91 Å². The number of nitrogens with one attached hydrogen (secondary N) is 3. The molecule has 2 saturated heterocycles. The molecule has 3 fully saturated rings. The van der Waals surface area contributed by atoms with Gasteiger partial charge in [-0.1, -0.05) is 0 Å². The summed E-state index contributed by atoms with van der Waals surface area (Å²) in [5, 5.41) is 6.15. The van der Waals surface area contributed by atoms with Crippen molar-refractivity contribution in [3.63, 3.8) is 0 Å². The summed E-state index contributed by atoms with van der Waals surface area (Å²) in [5.41, 5.74) is 1.80. The molecule has 0 spiro atoms. The van der Waals surface area contributed by atoms with Crippen molar-refractivity contribution in [2.45, 2.75) is 62.6 Å². The largest absolute Gasteiger partial charge is 0.376 e. The standard InChI is InChI=1S/C17H23N3O3/c21-14-6-5-12(16(20-14)13-2-1-9-23-13)19-17(22)15-11(7-8-18-15)10-3-4-10/h7-8,10,12-13,16,18H,1-6,9H2,(H,19,22)(H,20,21)/t12-,13?,16-/m0/s1. The van der Waals surface area contributed by atoms with Crippen LogP contribution < -0.4 is 10.6 Å². The van der Waals surface area contributed by atoms with Gasteiger partial charge in [-0.05, 0) is 49.7 Å². The minimum Gasteiger partial charge on any atom is -0.376 e. The van der Waals surface area contributed by atoms with Gasteiger partial charge >= 0.3 is 0 Å². The molecule has 2 amide bonds. The molecule has 3 aliphatic rings. The van der Waals surface area contributed by atoms with Crippen LogP contribution in [-0.4, -0.2) is 41.6 Å². The summed E-state index contributed by atoms with van der Waals surface area (Å²) in [5.74, 6) is 0.512. The fourth-order valence-corrected chi connectivity index (χ4v) is 3.78. The van der Waals surface area contributed by atoms with E-state index in [1.165, 1.54) is 0 Å². The molecule has 0 aromatic carbocycles. The number of carbonyl (C=O) groups is 2. The van der Waals surface area contributed by atoms with Crippen molar-refractivity contribution in [1.82, 2.24) is 15.6 Å². The van der Waals surface area contributed by atoms with E-state index in [1.54, 1.807) is 0 Å². The van der Waals surface area contributed by atoms with Crippen LogP contribution in [0.15, 0.2) is 12.3 Å². The highest BCUT2D eigenvalue weighted by atomic mass is 16.5. The van der Waals surface area contributed by atoms with Crippen molar-refractivity contribution >= 4 is 11.8 Å². The Labute approximate surface area is 135 Å². The van der Waals surface area contributed by atoms with Gasteiger partial charge in [-0.25, -0.2) is 0 Å². The number of piperidine rings is 1. The van der Waals surface area contributed by atoms with Crippen molar-refractivity contribution in [3.8, 4) is 0 Å². The zero-order valence-corrected chi connectivity index (χ0v) is 13.1. The van der Waals surface area contributed by atoms with E-state index in [4.69, 9.17) is 4.74 Å². The zero-order chi connectivity index (χ0) is 15.8. The lowest BCUT2D eigenvalue weighted by molar-refractivity contribution is -0.125. The second kappa shape index (κ2) is 6.00. The number of ether oxygens (including phenoxy) is 1. The maximum atomic E-state index is 12.7. The third-order valence-electron chi connectivity index (χ3n) is 5.15. The Morgan fingerprint density at radius 3 is 2.87 bits per heavy atom. The van der Waals surface area contributed by atoms with Crippen LogP contribution in [0.3, 0.4) is 0 Å². The summed E-state index contributed by atoms with van der Waals surface area (Å²) < 4.78 is 5.74. The first-order valence-corrected chi connectivity index (χ1v) is 8.61. The lowest BCUT2D eigenvalue weighted by atomic mass is 9.92. The first-order valence-electron chi connectivity index (χ1n) is 8.61. The highest BCUT2D eigenvalue weighted by Crippen LogP contribution is 2.41. The Bertz CT molecular complexity index is 602. The zero-order valence-electron chi connectivity index (χ0n) is 13.1. The fraction of sp³-hybridized carbons (Fsp3) is 0.647. The molecule has 3 heterocycles. The number of aromatic nitrogens is 1. The van der Waals surface area contributed by atoms with Crippen molar-refractivity contribution in [3.05, 3.63) is 23.5 Å². The molecule has 0 bridgehead atoms. The first-order chi connectivity index (χ1) is 11.2. The van der Waals surface area contributed by atoms with Crippen LogP contribution in [0.1, 0.15) is 60.5 Å². The van der Waals surface area contributed by atoms with E-state index in [-0.39, 0.29) is 30.0 Å². The number of aromatic amines is 1. The fourth-order valence-electron chi connectivity index (χ4n) is 3.78. The summed E-state index contributed by atoms with van der Waals surface area (Å²) in [7, 11) is 0. The monoisotopic (exact) mass is 317 g/mol. The SMILES string of the molecule is O=C1CC[C@H](NC(=O)c2[nH]ccc2C2CC2)[C@@H](C2CCCO2)N1. The van der Waals surface area contributed by atoms with Crippen LogP contribution >= 0.6 is 0 Å². The molecule has 23 heavy (non-hydrogen) atoms. The summed E-state index contributed by atoms with van der Waals surface area (Å²) in [4.78, 5) is 27.5. The molecule has 3 atom stereocenters. The second-order valence-corrected chi connectivity index (χ2v) is 6.85. The van der Waals surface area contributed by atoms with Gasteiger partial charge in [-0.3, -0.25) is 9.59 Å². The summed E-state index contributed by atoms with van der Waals surface area (Å²) >= 11 is 0. The third-order valence-corrected chi connectivity index (χ3v) is 5.15. The quantitative estimate of drug-likeness (QED) is 0.786. The van der Waals surface area contributed by atoms with E-state index in [9.17, 15) is 9.59 Å². The molecular formula is C17H23N3O3. The van der Waals surface area contributed by atoms with Gasteiger partial charge in [0.1, 0.15) is 5.69 Å². The van der Waals surface area contributed by atoms with Gasteiger partial charge in [0.05, 0.1) is 18.2 Å². The molecule has 0 radical (unpaired) electrons. The van der Waals surface area contributed by atoms with Crippen LogP contribution in [-0.2, 0) is 9.53 Å². The average molecular weight is 317 g/mol. The molecule has 1 aromatic rings. The Morgan fingerprint density at radius 1 is 1.26 bits per heavy atom. The van der Waals surface area contributed by atoms with Crippen LogP contribution in [0.25, 0.3) is 0 Å². The van der Waals surface area contributed by atoms with E-state index in [1.807, 2.05) is 12.3 Å². The van der Waals surface area contributed by atoms with E-state index < -0.39 is 0 Å². The normalized spacial score (nSPS) is 31.0. The van der Waals surface area contributed by atoms with Gasteiger partial charge in [0.15, 0.2) is 0 Å². The van der Waals surface area contributed by atoms with Crippen molar-refractivity contribution in [2.75, 3.05) is 6.61 Å². The maximum Gasteiger partial charge on any atom is 0.268 e. The lowest BCUT2D eigenvalue weighted by Crippen LogP contribution is -2.60. The van der Waals surface area contributed by atoms with Gasteiger partial charge < -0.3 is 20.4 Å². The number of H-pyrrole nitrogens is 1. The molecular weight excluding hydrogens is 294 g/mol. The van der Waals surface area contributed by atoms with E-state index in [0.717, 1.165) is 37.9 Å². The number of carbonyl (C=O) groups excluding carboxylic acids is 2. The Balaban J connectivity index is 1.47. The highest BCUT2D eigenvalue weighted by molar-refractivity contribution is 5.94. The second-order valence-electron chi connectivity index (χ2n) is 6.85. The molecule has 1 unspecified atom stereocenters. The Hall–Kier alpha value is -1.82. The molecule has 4 rings (SSSR count). The molecule has 3 N–H and O–H groups in total. The maximum absolute atomic E-state index is 12.7. The molecule has 6 heteroatoms. The van der Waals surface area contributed by atoms with Gasteiger partial charge in [0.2, 0.25) is 5.91 Å². The van der Waals surface area contributed by atoms with Gasteiger partial charge in [-0.15, -0.1) is 0 Å². The summed E-state index contributed by atoms with van der Waals surface area (Å²) in [6.07, 6.45) is 7.24. The van der Waals surface area contributed by atoms with E-state index in [0.29, 0.717) is 24.5 Å². The summed E-state index contributed by atoms with van der Waals surface area (Å²) in [6.45, 7) is 0.736. The van der Waals surface area contributed by atoms with E-state index in [2.05, 4.69) is 15.6 Å². The first kappa shape index (κ1) is 14.8. The van der Waals surface area contributed by atoms with E-state index >= 15 is 0 Å². The number of hydrogen-bond acceptors (Lipinski definition) is 3. The summed E-state index contributed by atoms with van der Waals surface area (Å²) in [6, 6.07) is 1.81. The highest BCUT2D eigenvalue weighted by Gasteiger charge is 2.38. The van der Waals surface area contributed by atoms with Crippen molar-refractivity contribution in [2.24, 2.45) is 0 Å². The minimum absolute atomic E-state index is 0.0103. The molecule has 1 saturated carbocycles. The van der Waals surface area contributed by atoms with Crippen LogP contribution in [0.2, 0.25) is 0 Å². The third kappa shape index (κ3) is 3.00. The molecule has 1 aromatic heterocycles. The number of amides is 2. The minimum atomic E-state index is -0.123. The van der Waals surface area contributed by atoms with Gasteiger partial charge in [-0.2, -0.15) is 0 Å². The number of rotatable bonds is 4. The number of hydrogen-bond donors (Lipinski definition) is 3. The van der Waals surface area contributed by atoms with Gasteiger partial charge in [0, 0.05) is 19.2 Å². The molecule has 6 nitrogen and oxygen atoms in total. The smallest absolute Gasteiger partial charge is 0.268 e. The lowest BCUT2D eigenvalue weighted by Gasteiger charge is -2.36. The Morgan fingerprint density at radius 2 is 2.13 bits per heavy atom. The van der Waals surface area contributed by atoms with Crippen LogP contribution in [0, 0.1) is 0 Å². The average Bonchev–Trinajstić information content (AvgIpc) is 3.04. The van der Waals surface area contributed by atoms with Crippen LogP contribution in [0.5, 0.6) is 0 Å². The molecule has 124 valence electrons. The molecule has 1 aliphatic carbocycles. The predicted octanol–water partition coefficient (Wildman–Crippen LogP) is 1.45. The molecule has 2 aliphatic heterocycles. The van der Waals surface area contributed by atoms with Crippen LogP contribution in [0.4, 0.5) is 0 Å². The van der Waals surface area contributed by atoms with Crippen molar-refractivity contribution in [1.29, 1.82) is 0 Å². The predicted molar refractivity (Wildman–Crippen MR) is 84.2 cm³/mol. The van der Waals surface area contributed by atoms with Crippen molar-refractivity contribution < 1.29 is 14.3 Å².